The molecule has 1 heterocycles. The first-order valence-corrected chi connectivity index (χ1v) is 5.93. The summed E-state index contributed by atoms with van der Waals surface area (Å²) in [4.78, 5) is 4.46. The summed E-state index contributed by atoms with van der Waals surface area (Å²) in [5.74, 6) is 0. The summed E-state index contributed by atoms with van der Waals surface area (Å²) in [6.07, 6.45) is 4.17. The van der Waals surface area contributed by atoms with Crippen LogP contribution < -0.4 is 0 Å². The summed E-state index contributed by atoms with van der Waals surface area (Å²) in [5.41, 5.74) is 5.12. The molecule has 1 aliphatic rings. The number of nitrogens with zero attached hydrogens (tertiary/aromatic N) is 1. The minimum Gasteiger partial charge on any atom is -0.256 e. The van der Waals surface area contributed by atoms with E-state index < -0.39 is 0 Å². The predicted octanol–water partition coefficient (Wildman–Crippen LogP) is 3.80. The Hall–Kier alpha value is -1.89. The van der Waals surface area contributed by atoms with Crippen LogP contribution >= 0.6 is 0 Å². The van der Waals surface area contributed by atoms with Crippen LogP contribution in [0, 0.1) is 0 Å². The lowest BCUT2D eigenvalue weighted by molar-refractivity contribution is 0.683. The molecule has 1 heteroatoms. The molecule has 1 nitrogen and oxygen atoms in total. The van der Waals surface area contributed by atoms with Crippen molar-refractivity contribution in [2.45, 2.75) is 19.3 Å². The number of allylic oxidation sites excluding steroid dienone is 1. The average molecular weight is 221 g/mol. The first kappa shape index (κ1) is 10.3. The Morgan fingerprint density at radius 1 is 0.941 bits per heavy atom. The monoisotopic (exact) mass is 221 g/mol. The summed E-state index contributed by atoms with van der Waals surface area (Å²) in [6, 6.07) is 14.7. The molecule has 1 aromatic carbocycles. The molecule has 2 aromatic rings. The van der Waals surface area contributed by atoms with Crippen LogP contribution in [0.4, 0.5) is 0 Å². The smallest absolute Gasteiger partial charge is 0.0705 e. The van der Waals surface area contributed by atoms with Gasteiger partial charge in [-0.1, -0.05) is 50.3 Å². The van der Waals surface area contributed by atoms with Crippen molar-refractivity contribution in [3.8, 4) is 0 Å². The van der Waals surface area contributed by atoms with Gasteiger partial charge in [0, 0.05) is 17.2 Å². The standard InChI is InChI=1S/C16H15N/c1-16(2)11-13(15-9-5-6-10-17-15)12-7-3-4-8-14(12)16/h3-11H,1-2H3. The highest BCUT2D eigenvalue weighted by atomic mass is 14.7. The second-order valence-corrected chi connectivity index (χ2v) is 5.04. The SMILES string of the molecule is CC1(C)C=C(c2ccccn2)c2ccccc21. The Labute approximate surface area is 102 Å². The fourth-order valence-electron chi connectivity index (χ4n) is 2.53. The fraction of sp³-hybridized carbons (Fsp3) is 0.188. The minimum atomic E-state index is 0.101. The van der Waals surface area contributed by atoms with Gasteiger partial charge in [0.25, 0.3) is 0 Å². The van der Waals surface area contributed by atoms with Crippen LogP contribution in [0.1, 0.15) is 30.7 Å². The number of pyridine rings is 1. The molecule has 0 bridgehead atoms. The van der Waals surface area contributed by atoms with Crippen molar-refractivity contribution in [1.29, 1.82) is 0 Å². The Balaban J connectivity index is 2.21. The van der Waals surface area contributed by atoms with Gasteiger partial charge in [0.2, 0.25) is 0 Å². The molecule has 1 aliphatic carbocycles. The lowest BCUT2D eigenvalue weighted by Crippen LogP contribution is -2.10. The van der Waals surface area contributed by atoms with Crippen molar-refractivity contribution in [3.05, 3.63) is 71.6 Å². The van der Waals surface area contributed by atoms with Gasteiger partial charge >= 0.3 is 0 Å². The third-order valence-electron chi connectivity index (χ3n) is 3.36. The topological polar surface area (TPSA) is 12.9 Å². The van der Waals surface area contributed by atoms with E-state index >= 15 is 0 Å². The highest BCUT2D eigenvalue weighted by Crippen LogP contribution is 2.42. The van der Waals surface area contributed by atoms with Crippen LogP contribution in [0.3, 0.4) is 0 Å². The Morgan fingerprint density at radius 2 is 1.71 bits per heavy atom. The zero-order chi connectivity index (χ0) is 11.9. The number of fused-ring (bicyclic) bond motifs is 1. The van der Waals surface area contributed by atoms with Gasteiger partial charge in [-0.2, -0.15) is 0 Å². The summed E-state index contributed by atoms with van der Waals surface area (Å²) in [7, 11) is 0. The van der Waals surface area contributed by atoms with Crippen molar-refractivity contribution in [2.75, 3.05) is 0 Å². The van der Waals surface area contributed by atoms with E-state index in [9.17, 15) is 0 Å². The first-order chi connectivity index (χ1) is 8.18. The number of benzene rings is 1. The molecule has 0 N–H and O–H groups in total. The first-order valence-electron chi connectivity index (χ1n) is 5.93. The summed E-state index contributed by atoms with van der Waals surface area (Å²) < 4.78 is 0. The zero-order valence-electron chi connectivity index (χ0n) is 10.1. The second kappa shape index (κ2) is 3.56. The van der Waals surface area contributed by atoms with Gasteiger partial charge in [-0.25, -0.2) is 0 Å². The van der Waals surface area contributed by atoms with E-state index in [0.717, 1.165) is 5.69 Å². The van der Waals surface area contributed by atoms with Gasteiger partial charge in [-0.15, -0.1) is 0 Å². The van der Waals surface area contributed by atoms with Crippen LogP contribution in [0.2, 0.25) is 0 Å². The molecule has 0 saturated heterocycles. The molecule has 84 valence electrons. The fourth-order valence-corrected chi connectivity index (χ4v) is 2.53. The van der Waals surface area contributed by atoms with Crippen LogP contribution in [0.15, 0.2) is 54.7 Å². The van der Waals surface area contributed by atoms with Crippen LogP contribution in [-0.4, -0.2) is 4.98 Å². The Kier molecular flexibility index (Phi) is 2.15. The molecule has 1 aromatic heterocycles. The number of hydrogen-bond acceptors (Lipinski definition) is 1. The van der Waals surface area contributed by atoms with E-state index in [1.165, 1.54) is 16.7 Å². The molecule has 0 unspecified atom stereocenters. The third-order valence-corrected chi connectivity index (χ3v) is 3.36. The van der Waals surface area contributed by atoms with E-state index in [1.807, 2.05) is 18.3 Å². The molecule has 17 heavy (non-hydrogen) atoms. The highest BCUT2D eigenvalue weighted by molar-refractivity contribution is 5.85. The van der Waals surface area contributed by atoms with Crippen LogP contribution in [0.5, 0.6) is 0 Å². The number of aromatic nitrogens is 1. The molecular formula is C16H15N. The van der Waals surface area contributed by atoms with Crippen molar-refractivity contribution >= 4 is 5.57 Å². The summed E-state index contributed by atoms with van der Waals surface area (Å²) in [6.45, 7) is 4.50. The third kappa shape index (κ3) is 1.59. The van der Waals surface area contributed by atoms with Crippen molar-refractivity contribution in [2.24, 2.45) is 0 Å². The van der Waals surface area contributed by atoms with Gasteiger partial charge in [0.15, 0.2) is 0 Å². The zero-order valence-corrected chi connectivity index (χ0v) is 10.1. The van der Waals surface area contributed by atoms with E-state index in [-0.39, 0.29) is 5.41 Å². The lowest BCUT2D eigenvalue weighted by Gasteiger charge is -2.16. The lowest BCUT2D eigenvalue weighted by atomic mass is 9.87. The maximum absolute atomic E-state index is 4.46. The molecule has 3 rings (SSSR count). The number of hydrogen-bond donors (Lipinski definition) is 0. The maximum Gasteiger partial charge on any atom is 0.0705 e. The van der Waals surface area contributed by atoms with Crippen molar-refractivity contribution in [3.63, 3.8) is 0 Å². The Morgan fingerprint density at radius 3 is 2.47 bits per heavy atom. The van der Waals surface area contributed by atoms with E-state index in [2.05, 4.69) is 55.2 Å². The highest BCUT2D eigenvalue weighted by Gasteiger charge is 2.30. The Bertz CT molecular complexity index is 579. The molecule has 0 fully saturated rings. The summed E-state index contributed by atoms with van der Waals surface area (Å²) in [5, 5.41) is 0. The molecule has 0 aliphatic heterocycles. The van der Waals surface area contributed by atoms with E-state index in [4.69, 9.17) is 0 Å². The van der Waals surface area contributed by atoms with Gasteiger partial charge in [0.1, 0.15) is 0 Å². The maximum atomic E-state index is 4.46. The molecule has 0 saturated carbocycles. The average Bonchev–Trinajstić information content (AvgIpc) is 2.64. The summed E-state index contributed by atoms with van der Waals surface area (Å²) >= 11 is 0. The second-order valence-electron chi connectivity index (χ2n) is 5.04. The molecule has 0 spiro atoms. The van der Waals surface area contributed by atoms with Gasteiger partial charge in [0.05, 0.1) is 5.69 Å². The van der Waals surface area contributed by atoms with Gasteiger partial charge in [-0.3, -0.25) is 4.98 Å². The molecule has 0 radical (unpaired) electrons. The van der Waals surface area contributed by atoms with Gasteiger partial charge < -0.3 is 0 Å². The van der Waals surface area contributed by atoms with E-state index in [0.29, 0.717) is 0 Å². The van der Waals surface area contributed by atoms with Crippen LogP contribution in [-0.2, 0) is 5.41 Å². The number of rotatable bonds is 1. The normalized spacial score (nSPS) is 16.5. The van der Waals surface area contributed by atoms with E-state index in [1.54, 1.807) is 0 Å². The molecular weight excluding hydrogens is 206 g/mol. The molecule has 0 amide bonds. The van der Waals surface area contributed by atoms with Crippen LogP contribution in [0.25, 0.3) is 5.57 Å². The van der Waals surface area contributed by atoms with Crippen molar-refractivity contribution < 1.29 is 0 Å². The van der Waals surface area contributed by atoms with Gasteiger partial charge in [-0.05, 0) is 23.3 Å². The molecule has 0 atom stereocenters. The minimum absolute atomic E-state index is 0.101. The predicted molar refractivity (Wildman–Crippen MR) is 70.8 cm³/mol. The quantitative estimate of drug-likeness (QED) is 0.713. The van der Waals surface area contributed by atoms with Crippen molar-refractivity contribution in [1.82, 2.24) is 4.98 Å². The largest absolute Gasteiger partial charge is 0.256 e.